The summed E-state index contributed by atoms with van der Waals surface area (Å²) in [5, 5.41) is 24.8. The Morgan fingerprint density at radius 1 is 1.12 bits per heavy atom. The molecule has 0 spiro atoms. The molecule has 1 aromatic carbocycles. The van der Waals surface area contributed by atoms with Gasteiger partial charge in [-0.2, -0.15) is 0 Å². The van der Waals surface area contributed by atoms with E-state index in [0.717, 1.165) is 29.7 Å². The standard InChI is InChI=1S/C14H9N3O4S.C6H14N2O2/c18-12(13(19)20)16-14-15-10(7-22-14)9-6-11(21-17-9)8-4-2-1-3-5-8;7-4-2-1-3-5(8)6(9)10/h1-7H,(H,19,20)(H,15,16,18);5H,1-4,7-8H2,(H,9,10)/t;5-/m.0/s1. The maximum absolute atomic E-state index is 11.1. The molecule has 0 radical (unpaired) electrons. The van der Waals surface area contributed by atoms with Gasteiger partial charge in [-0.25, -0.2) is 9.78 Å². The molecule has 0 aliphatic heterocycles. The summed E-state index contributed by atoms with van der Waals surface area (Å²) in [6, 6.07) is 10.5. The van der Waals surface area contributed by atoms with Gasteiger partial charge in [0.15, 0.2) is 10.9 Å². The molecule has 0 aliphatic carbocycles. The summed E-state index contributed by atoms with van der Waals surface area (Å²) in [5.41, 5.74) is 12.3. The van der Waals surface area contributed by atoms with Crippen LogP contribution in [0.15, 0.2) is 46.3 Å². The van der Waals surface area contributed by atoms with Gasteiger partial charge < -0.3 is 26.2 Å². The summed E-state index contributed by atoms with van der Waals surface area (Å²) in [7, 11) is 0. The SMILES string of the molecule is NCCCC[C@H](N)C(=O)O.O=C(O)C(=O)Nc1nc(-c2cc(-c3ccccc3)on2)cs1. The van der Waals surface area contributed by atoms with Crippen LogP contribution < -0.4 is 16.8 Å². The van der Waals surface area contributed by atoms with Crippen molar-refractivity contribution in [3.05, 3.63) is 41.8 Å². The third-order valence-corrected chi connectivity index (χ3v) is 4.79. The van der Waals surface area contributed by atoms with E-state index in [2.05, 4.69) is 15.5 Å². The number of hydrogen-bond donors (Lipinski definition) is 5. The van der Waals surface area contributed by atoms with Crippen molar-refractivity contribution in [3.63, 3.8) is 0 Å². The highest BCUT2D eigenvalue weighted by atomic mass is 32.1. The number of amides is 1. The first-order valence-electron chi connectivity index (χ1n) is 9.52. The lowest BCUT2D eigenvalue weighted by molar-refractivity contribution is -0.147. The lowest BCUT2D eigenvalue weighted by Gasteiger charge is -2.03. The van der Waals surface area contributed by atoms with Crippen LogP contribution in [-0.4, -0.2) is 50.8 Å². The Morgan fingerprint density at radius 3 is 2.47 bits per heavy atom. The molecule has 32 heavy (non-hydrogen) atoms. The van der Waals surface area contributed by atoms with E-state index in [-0.39, 0.29) is 5.13 Å². The fraction of sp³-hybridized carbons (Fsp3) is 0.250. The molecule has 0 bridgehead atoms. The number of aromatic nitrogens is 2. The zero-order valence-electron chi connectivity index (χ0n) is 16.9. The molecule has 3 rings (SSSR count). The van der Waals surface area contributed by atoms with Crippen LogP contribution in [-0.2, 0) is 14.4 Å². The van der Waals surface area contributed by atoms with Gasteiger partial charge >= 0.3 is 17.8 Å². The molecule has 0 unspecified atom stereocenters. The molecule has 170 valence electrons. The average molecular weight is 462 g/mol. The van der Waals surface area contributed by atoms with Crippen LogP contribution in [0.2, 0.25) is 0 Å². The highest BCUT2D eigenvalue weighted by molar-refractivity contribution is 7.14. The summed E-state index contributed by atoms with van der Waals surface area (Å²) in [5.74, 6) is -3.03. The summed E-state index contributed by atoms with van der Waals surface area (Å²) in [6.07, 6.45) is 2.16. The van der Waals surface area contributed by atoms with Crippen molar-refractivity contribution < 1.29 is 29.1 Å². The Hall–Kier alpha value is -3.61. The molecular formula is C20H23N5O6S. The van der Waals surface area contributed by atoms with Gasteiger partial charge in [0.05, 0.1) is 0 Å². The Bertz CT molecular complexity index is 1040. The average Bonchev–Trinajstić information content (AvgIpc) is 3.44. The van der Waals surface area contributed by atoms with Gasteiger partial charge in [-0.3, -0.25) is 14.9 Å². The number of rotatable bonds is 8. The van der Waals surface area contributed by atoms with E-state index in [1.165, 1.54) is 0 Å². The maximum Gasteiger partial charge on any atom is 0.394 e. The van der Waals surface area contributed by atoms with Gasteiger partial charge in [-0.05, 0) is 19.4 Å². The molecule has 0 saturated carbocycles. The van der Waals surface area contributed by atoms with Crippen LogP contribution in [0.3, 0.4) is 0 Å². The van der Waals surface area contributed by atoms with Crippen molar-refractivity contribution in [2.45, 2.75) is 25.3 Å². The number of aliphatic carboxylic acids is 2. The number of thiazole rings is 1. The van der Waals surface area contributed by atoms with Crippen LogP contribution in [0.4, 0.5) is 5.13 Å². The molecule has 1 amide bonds. The minimum atomic E-state index is -1.57. The number of anilines is 1. The Balaban J connectivity index is 0.000000309. The van der Waals surface area contributed by atoms with Gasteiger partial charge in [-0.1, -0.05) is 41.9 Å². The molecule has 7 N–H and O–H groups in total. The molecule has 0 aliphatic rings. The van der Waals surface area contributed by atoms with Crippen molar-refractivity contribution >= 4 is 34.3 Å². The first kappa shape index (κ1) is 24.7. The molecule has 3 aromatic rings. The highest BCUT2D eigenvalue weighted by Gasteiger charge is 2.16. The zero-order valence-corrected chi connectivity index (χ0v) is 17.7. The Labute approximate surface area is 187 Å². The van der Waals surface area contributed by atoms with E-state index >= 15 is 0 Å². The lowest BCUT2D eigenvalue weighted by atomic mass is 10.1. The van der Waals surface area contributed by atoms with Gasteiger partial charge in [-0.15, -0.1) is 11.3 Å². The molecule has 0 fully saturated rings. The van der Waals surface area contributed by atoms with Crippen molar-refractivity contribution in [2.75, 3.05) is 11.9 Å². The van der Waals surface area contributed by atoms with Gasteiger partial charge in [0.2, 0.25) is 0 Å². The number of unbranched alkanes of at least 4 members (excludes halogenated alkanes) is 1. The Kier molecular flexibility index (Phi) is 9.47. The van der Waals surface area contributed by atoms with E-state index in [0.29, 0.717) is 30.1 Å². The van der Waals surface area contributed by atoms with Crippen LogP contribution in [0.5, 0.6) is 0 Å². The van der Waals surface area contributed by atoms with Crippen LogP contribution in [0, 0.1) is 0 Å². The Morgan fingerprint density at radius 2 is 1.84 bits per heavy atom. The molecule has 2 aromatic heterocycles. The summed E-state index contributed by atoms with van der Waals surface area (Å²) in [6.45, 7) is 0.604. The molecule has 12 heteroatoms. The van der Waals surface area contributed by atoms with Crippen LogP contribution in [0.25, 0.3) is 22.7 Å². The van der Waals surface area contributed by atoms with Crippen molar-refractivity contribution in [3.8, 4) is 22.7 Å². The summed E-state index contributed by atoms with van der Waals surface area (Å²) >= 11 is 1.11. The van der Waals surface area contributed by atoms with Gasteiger partial charge in [0.1, 0.15) is 17.4 Å². The summed E-state index contributed by atoms with van der Waals surface area (Å²) < 4.78 is 5.27. The molecule has 11 nitrogen and oxygen atoms in total. The van der Waals surface area contributed by atoms with Crippen molar-refractivity contribution in [1.82, 2.24) is 10.1 Å². The number of nitrogens with one attached hydrogen (secondary N) is 1. The lowest BCUT2D eigenvalue weighted by Crippen LogP contribution is -2.29. The summed E-state index contributed by atoms with van der Waals surface area (Å²) in [4.78, 5) is 35.8. The van der Waals surface area contributed by atoms with E-state index in [9.17, 15) is 14.4 Å². The van der Waals surface area contributed by atoms with Crippen LogP contribution in [0.1, 0.15) is 19.3 Å². The normalized spacial score (nSPS) is 11.2. The van der Waals surface area contributed by atoms with E-state index in [4.69, 9.17) is 26.2 Å². The van der Waals surface area contributed by atoms with E-state index < -0.39 is 23.9 Å². The highest BCUT2D eigenvalue weighted by Crippen LogP contribution is 2.28. The second-order valence-electron chi connectivity index (χ2n) is 6.47. The number of carbonyl (C=O) groups excluding carboxylic acids is 1. The monoisotopic (exact) mass is 461 g/mol. The second kappa shape index (κ2) is 12.3. The number of carboxylic acids is 2. The van der Waals surface area contributed by atoms with Crippen molar-refractivity contribution in [2.24, 2.45) is 11.5 Å². The van der Waals surface area contributed by atoms with E-state index in [1.54, 1.807) is 11.4 Å². The predicted molar refractivity (Wildman–Crippen MR) is 118 cm³/mol. The zero-order chi connectivity index (χ0) is 23.5. The third kappa shape index (κ3) is 7.58. The third-order valence-electron chi connectivity index (χ3n) is 4.04. The van der Waals surface area contributed by atoms with Gasteiger partial charge in [0.25, 0.3) is 0 Å². The first-order valence-corrected chi connectivity index (χ1v) is 10.4. The molecule has 0 saturated heterocycles. The smallest absolute Gasteiger partial charge is 0.394 e. The molecular weight excluding hydrogens is 438 g/mol. The number of hydrogen-bond acceptors (Lipinski definition) is 9. The maximum atomic E-state index is 11.1. The van der Waals surface area contributed by atoms with Crippen LogP contribution >= 0.6 is 11.3 Å². The first-order chi connectivity index (χ1) is 15.3. The number of carboxylic acid groups (broad SMARTS) is 2. The fourth-order valence-corrected chi connectivity index (χ4v) is 3.07. The van der Waals surface area contributed by atoms with E-state index in [1.807, 2.05) is 30.3 Å². The fourth-order valence-electron chi connectivity index (χ4n) is 2.37. The number of benzene rings is 1. The molecule has 1 atom stereocenters. The minimum Gasteiger partial charge on any atom is -0.480 e. The van der Waals surface area contributed by atoms with Crippen molar-refractivity contribution in [1.29, 1.82) is 0 Å². The second-order valence-corrected chi connectivity index (χ2v) is 7.33. The number of nitrogens with two attached hydrogens (primary N) is 2. The molecule has 2 heterocycles. The minimum absolute atomic E-state index is 0.187. The topological polar surface area (TPSA) is 195 Å². The van der Waals surface area contributed by atoms with Gasteiger partial charge in [0, 0.05) is 17.0 Å². The largest absolute Gasteiger partial charge is 0.480 e. The number of carbonyl (C=O) groups is 3. The quantitative estimate of drug-likeness (QED) is 0.244. The number of nitrogens with zero attached hydrogens (tertiary/aromatic N) is 2. The predicted octanol–water partition coefficient (Wildman–Crippen LogP) is 2.02.